The molecule has 2 aromatic rings. The first-order valence-corrected chi connectivity index (χ1v) is 6.79. The molecule has 2 rings (SSSR count). The van der Waals surface area contributed by atoms with Gasteiger partial charge in [0, 0.05) is 22.8 Å². The van der Waals surface area contributed by atoms with Gasteiger partial charge in [-0.25, -0.2) is 9.67 Å². The fraction of sp³-hybridized carbons (Fsp3) is 0.357. The normalized spacial score (nSPS) is 11.0. The topological polar surface area (TPSA) is 73.8 Å². The Morgan fingerprint density at radius 3 is 2.80 bits per heavy atom. The molecule has 0 aliphatic carbocycles. The number of ketones is 1. The molecule has 0 fully saturated rings. The van der Waals surface area contributed by atoms with Crippen LogP contribution in [0, 0.1) is 5.92 Å². The minimum absolute atomic E-state index is 0.0720. The fourth-order valence-corrected chi connectivity index (χ4v) is 2.19. The molecule has 1 aromatic heterocycles. The smallest absolute Gasteiger partial charge is 0.170 e. The maximum Gasteiger partial charge on any atom is 0.170 e. The van der Waals surface area contributed by atoms with Gasteiger partial charge >= 0.3 is 0 Å². The van der Waals surface area contributed by atoms with Crippen molar-refractivity contribution in [2.45, 2.75) is 26.8 Å². The van der Waals surface area contributed by atoms with Crippen molar-refractivity contribution < 1.29 is 4.79 Å². The van der Waals surface area contributed by atoms with Gasteiger partial charge in [-0.15, -0.1) is 0 Å². The summed E-state index contributed by atoms with van der Waals surface area (Å²) in [6.45, 7) is 4.91. The maximum atomic E-state index is 12.3. The molecule has 0 aliphatic rings. The average Bonchev–Trinajstić information content (AvgIpc) is 2.74. The Morgan fingerprint density at radius 2 is 2.15 bits per heavy atom. The van der Waals surface area contributed by atoms with Crippen molar-refractivity contribution in [3.63, 3.8) is 0 Å². The Balaban J connectivity index is 2.17. The van der Waals surface area contributed by atoms with Crippen LogP contribution in [0.15, 0.2) is 24.5 Å². The Kier molecular flexibility index (Phi) is 4.39. The number of benzene rings is 1. The van der Waals surface area contributed by atoms with Crippen LogP contribution in [0.2, 0.25) is 5.02 Å². The lowest BCUT2D eigenvalue weighted by Gasteiger charge is -2.08. The quantitative estimate of drug-likeness (QED) is 0.679. The second-order valence-electron chi connectivity index (χ2n) is 5.13. The zero-order valence-electron chi connectivity index (χ0n) is 11.5. The first kappa shape index (κ1) is 14.5. The number of nitrogen functional groups attached to an aromatic ring is 1. The van der Waals surface area contributed by atoms with E-state index in [1.54, 1.807) is 22.9 Å². The fourth-order valence-electron chi connectivity index (χ4n) is 1.94. The number of anilines is 1. The van der Waals surface area contributed by atoms with Crippen LogP contribution in [0.5, 0.6) is 0 Å². The number of Topliss-reactive ketones (excluding diaryl/α,β-unsaturated/α-hetero) is 1. The predicted octanol–water partition coefficient (Wildman–Crippen LogP) is 2.60. The summed E-state index contributed by atoms with van der Waals surface area (Å²) in [6.07, 6.45) is 1.66. The number of carbonyl (C=O) groups is 1. The largest absolute Gasteiger partial charge is 0.399 e. The van der Waals surface area contributed by atoms with Gasteiger partial charge in [0.15, 0.2) is 5.78 Å². The van der Waals surface area contributed by atoms with Crippen molar-refractivity contribution >= 4 is 23.1 Å². The first-order chi connectivity index (χ1) is 9.45. The predicted molar refractivity (Wildman–Crippen MR) is 78.8 cm³/mol. The number of hydrogen-bond donors (Lipinski definition) is 1. The number of nitrogens with zero attached hydrogens (tertiary/aromatic N) is 3. The summed E-state index contributed by atoms with van der Waals surface area (Å²) < 4.78 is 1.76. The van der Waals surface area contributed by atoms with Crippen LogP contribution in [-0.4, -0.2) is 20.5 Å². The van der Waals surface area contributed by atoms with Gasteiger partial charge in [-0.05, 0) is 24.1 Å². The molecule has 6 heteroatoms. The number of aromatic nitrogens is 3. The summed E-state index contributed by atoms with van der Waals surface area (Å²) in [5.74, 6) is 1.02. The minimum atomic E-state index is -0.0720. The zero-order valence-corrected chi connectivity index (χ0v) is 12.3. The molecule has 20 heavy (non-hydrogen) atoms. The van der Waals surface area contributed by atoms with E-state index in [1.807, 2.05) is 0 Å². The number of halogens is 1. The molecule has 0 unspecified atom stereocenters. The van der Waals surface area contributed by atoms with Gasteiger partial charge in [-0.3, -0.25) is 4.79 Å². The summed E-state index contributed by atoms with van der Waals surface area (Å²) in [6, 6.07) is 4.85. The zero-order chi connectivity index (χ0) is 14.7. The van der Waals surface area contributed by atoms with Crippen molar-refractivity contribution in [1.82, 2.24) is 14.8 Å². The highest BCUT2D eigenvalue weighted by molar-refractivity contribution is 6.31. The highest BCUT2D eigenvalue weighted by atomic mass is 35.5. The molecule has 2 N–H and O–H groups in total. The second-order valence-corrected chi connectivity index (χ2v) is 5.56. The summed E-state index contributed by atoms with van der Waals surface area (Å²) in [4.78, 5) is 16.4. The van der Waals surface area contributed by atoms with E-state index in [-0.39, 0.29) is 12.2 Å². The lowest BCUT2D eigenvalue weighted by molar-refractivity contribution is 0.0989. The number of nitrogens with two attached hydrogens (primary N) is 1. The molecule has 0 atom stereocenters. The van der Waals surface area contributed by atoms with E-state index in [0.29, 0.717) is 28.0 Å². The van der Waals surface area contributed by atoms with Crippen molar-refractivity contribution in [3.8, 4) is 0 Å². The molecular weight excluding hydrogens is 276 g/mol. The van der Waals surface area contributed by atoms with E-state index in [2.05, 4.69) is 23.9 Å². The Hall–Kier alpha value is -1.88. The van der Waals surface area contributed by atoms with Crippen LogP contribution in [-0.2, 0) is 13.0 Å². The lowest BCUT2D eigenvalue weighted by atomic mass is 10.1. The Morgan fingerprint density at radius 1 is 1.40 bits per heavy atom. The van der Waals surface area contributed by atoms with Gasteiger partial charge in [0.25, 0.3) is 0 Å². The van der Waals surface area contributed by atoms with Crippen LogP contribution < -0.4 is 5.73 Å². The molecule has 0 spiro atoms. The van der Waals surface area contributed by atoms with Gasteiger partial charge < -0.3 is 5.73 Å². The summed E-state index contributed by atoms with van der Waals surface area (Å²) in [5, 5.41) is 4.60. The van der Waals surface area contributed by atoms with Crippen molar-refractivity contribution in [3.05, 3.63) is 40.9 Å². The monoisotopic (exact) mass is 292 g/mol. The molecule has 0 saturated carbocycles. The van der Waals surface area contributed by atoms with Gasteiger partial charge in [0.2, 0.25) is 0 Å². The molecule has 1 aromatic carbocycles. The Bertz CT molecular complexity index is 601. The molecule has 5 nitrogen and oxygen atoms in total. The third-order valence-electron chi connectivity index (χ3n) is 2.79. The highest BCUT2D eigenvalue weighted by Gasteiger charge is 2.14. The van der Waals surface area contributed by atoms with Gasteiger partial charge in [-0.2, -0.15) is 5.10 Å². The summed E-state index contributed by atoms with van der Waals surface area (Å²) >= 11 is 5.91. The van der Waals surface area contributed by atoms with Crippen LogP contribution in [0.1, 0.15) is 30.0 Å². The number of carbonyl (C=O) groups excluding carboxylic acids is 1. The van der Waals surface area contributed by atoms with E-state index in [0.717, 1.165) is 6.54 Å². The molecule has 0 radical (unpaired) electrons. The van der Waals surface area contributed by atoms with Crippen LogP contribution >= 0.6 is 11.6 Å². The first-order valence-electron chi connectivity index (χ1n) is 6.41. The number of rotatable bonds is 5. The van der Waals surface area contributed by atoms with Crippen LogP contribution in [0.25, 0.3) is 0 Å². The summed E-state index contributed by atoms with van der Waals surface area (Å²) in [7, 11) is 0. The number of hydrogen-bond acceptors (Lipinski definition) is 4. The molecule has 0 aliphatic heterocycles. The van der Waals surface area contributed by atoms with Gasteiger partial charge in [-0.1, -0.05) is 25.4 Å². The van der Waals surface area contributed by atoms with E-state index in [9.17, 15) is 4.79 Å². The third kappa shape index (κ3) is 3.57. The standard InChI is InChI=1S/C14H17ClN4O/c1-9(2)7-19-14(17-8-18-19)6-13(20)10-3-11(15)5-12(16)4-10/h3-5,8-9H,6-7,16H2,1-2H3. The Labute approximate surface area is 122 Å². The molecule has 0 amide bonds. The van der Waals surface area contributed by atoms with E-state index < -0.39 is 0 Å². The van der Waals surface area contributed by atoms with Gasteiger partial charge in [0.05, 0.1) is 6.42 Å². The SMILES string of the molecule is CC(C)Cn1ncnc1CC(=O)c1cc(N)cc(Cl)c1. The van der Waals surface area contributed by atoms with E-state index in [4.69, 9.17) is 17.3 Å². The average molecular weight is 293 g/mol. The van der Waals surface area contributed by atoms with E-state index >= 15 is 0 Å². The molecule has 0 saturated heterocycles. The van der Waals surface area contributed by atoms with Crippen molar-refractivity contribution in [1.29, 1.82) is 0 Å². The van der Waals surface area contributed by atoms with E-state index in [1.165, 1.54) is 6.33 Å². The minimum Gasteiger partial charge on any atom is -0.399 e. The summed E-state index contributed by atoms with van der Waals surface area (Å²) in [5.41, 5.74) is 6.67. The van der Waals surface area contributed by atoms with Gasteiger partial charge in [0.1, 0.15) is 12.2 Å². The second kappa shape index (κ2) is 6.05. The molecule has 106 valence electrons. The van der Waals surface area contributed by atoms with Crippen molar-refractivity contribution in [2.24, 2.45) is 5.92 Å². The maximum absolute atomic E-state index is 12.3. The van der Waals surface area contributed by atoms with Crippen molar-refractivity contribution in [2.75, 3.05) is 5.73 Å². The molecule has 0 bridgehead atoms. The molecular formula is C14H17ClN4O. The third-order valence-corrected chi connectivity index (χ3v) is 3.01. The molecule has 1 heterocycles. The van der Waals surface area contributed by atoms with Crippen LogP contribution in [0.4, 0.5) is 5.69 Å². The lowest BCUT2D eigenvalue weighted by Crippen LogP contribution is -2.14. The van der Waals surface area contributed by atoms with Crippen LogP contribution in [0.3, 0.4) is 0 Å². The highest BCUT2D eigenvalue weighted by Crippen LogP contribution is 2.18.